The molecule has 3 aromatic rings. The van der Waals surface area contributed by atoms with Crippen molar-refractivity contribution in [2.75, 3.05) is 7.05 Å². The van der Waals surface area contributed by atoms with Gasteiger partial charge in [0.15, 0.2) is 18.5 Å². The van der Waals surface area contributed by atoms with Gasteiger partial charge in [0.1, 0.15) is 11.8 Å². The van der Waals surface area contributed by atoms with Crippen molar-refractivity contribution in [2.24, 2.45) is 13.0 Å². The molecule has 0 aliphatic rings. The maximum Gasteiger partial charge on any atom is 0.479 e. The third-order valence-electron chi connectivity index (χ3n) is 5.44. The quantitative estimate of drug-likeness (QED) is 0.351. The van der Waals surface area contributed by atoms with Gasteiger partial charge in [-0.05, 0) is 29.7 Å². The smallest absolute Gasteiger partial charge is 0.451 e. The van der Waals surface area contributed by atoms with Gasteiger partial charge in [-0.15, -0.1) is 4.68 Å². The van der Waals surface area contributed by atoms with Crippen LogP contribution in [0.15, 0.2) is 46.9 Å². The predicted molar refractivity (Wildman–Crippen MR) is 122 cm³/mol. The zero-order valence-corrected chi connectivity index (χ0v) is 20.1. The van der Waals surface area contributed by atoms with Crippen LogP contribution in [0.2, 0.25) is 0 Å². The summed E-state index contributed by atoms with van der Waals surface area (Å²) in [6, 6.07) is 10.0. The van der Waals surface area contributed by atoms with Gasteiger partial charge < -0.3 is 20.4 Å². The Hall–Kier alpha value is -4.09. The monoisotopic (exact) mass is 506 g/mol. The lowest BCUT2D eigenvalue weighted by atomic mass is 10.0. The molecule has 192 valence electrons. The average molecular weight is 507 g/mol. The van der Waals surface area contributed by atoms with Crippen LogP contribution in [0, 0.1) is 5.92 Å². The number of aryl methyl sites for hydroxylation is 1. The molecule has 0 aliphatic heterocycles. The number of amides is 3. The SMILES string of the molecule is CNC(=O)[C@@H](NC(=O)c1ccc(-c2cccc(CNC(=O)c3cc(C(F)(F)F)[n+](C)[nH]3)c2)o1)C(C)C. The first-order valence-electron chi connectivity index (χ1n) is 11.1. The second kappa shape index (κ2) is 10.7. The highest BCUT2D eigenvalue weighted by atomic mass is 19.4. The largest absolute Gasteiger partial charge is 0.479 e. The summed E-state index contributed by atoms with van der Waals surface area (Å²) >= 11 is 0. The minimum Gasteiger partial charge on any atom is -0.451 e. The summed E-state index contributed by atoms with van der Waals surface area (Å²) in [7, 11) is 2.66. The van der Waals surface area contributed by atoms with Crippen LogP contribution in [0.5, 0.6) is 0 Å². The number of aromatic amines is 1. The number of nitrogens with zero attached hydrogens (tertiary/aromatic N) is 1. The van der Waals surface area contributed by atoms with Gasteiger partial charge in [0.25, 0.3) is 11.8 Å². The number of rotatable bonds is 8. The molecular weight excluding hydrogens is 479 g/mol. The molecule has 1 aromatic carbocycles. The molecule has 0 aliphatic carbocycles. The maximum atomic E-state index is 13.0. The zero-order chi connectivity index (χ0) is 26.6. The Kier molecular flexibility index (Phi) is 7.86. The number of benzene rings is 1. The Morgan fingerprint density at radius 3 is 2.42 bits per heavy atom. The lowest BCUT2D eigenvalue weighted by Crippen LogP contribution is -2.48. The van der Waals surface area contributed by atoms with Crippen molar-refractivity contribution in [1.29, 1.82) is 0 Å². The molecule has 3 amide bonds. The lowest BCUT2D eigenvalue weighted by Gasteiger charge is -2.19. The zero-order valence-electron chi connectivity index (χ0n) is 20.1. The number of hydrogen-bond donors (Lipinski definition) is 4. The third kappa shape index (κ3) is 6.12. The minimum atomic E-state index is -4.59. The van der Waals surface area contributed by atoms with Gasteiger partial charge in [0.05, 0.1) is 6.07 Å². The maximum absolute atomic E-state index is 13.0. The summed E-state index contributed by atoms with van der Waals surface area (Å²) in [5.74, 6) is -1.27. The van der Waals surface area contributed by atoms with E-state index in [1.54, 1.807) is 30.3 Å². The van der Waals surface area contributed by atoms with Crippen molar-refractivity contribution in [2.45, 2.75) is 32.6 Å². The van der Waals surface area contributed by atoms with E-state index in [4.69, 9.17) is 4.42 Å². The molecule has 0 bridgehead atoms. The molecule has 2 aromatic heterocycles. The van der Waals surface area contributed by atoms with Crippen molar-refractivity contribution in [3.63, 3.8) is 0 Å². The van der Waals surface area contributed by atoms with Gasteiger partial charge in [-0.25, -0.2) is 0 Å². The van der Waals surface area contributed by atoms with Crippen molar-refractivity contribution < 1.29 is 36.7 Å². The lowest BCUT2D eigenvalue weighted by molar-refractivity contribution is -0.743. The molecule has 1 atom stereocenters. The standard InChI is InChI=1S/C24H26F3N5O4/c1-13(2)20(23(35)28-3)30-22(34)18-9-8-17(36-18)15-7-5-6-14(10-15)12-29-21(33)16-11-19(24(25,26)27)32(4)31-16/h5-11,13,20H,12H2,1-4H3,(H3,28,29,30,33,34,35)/p+1/t20-/m0/s1. The van der Waals surface area contributed by atoms with Crippen LogP contribution in [-0.2, 0) is 24.6 Å². The number of carbonyl (C=O) groups excluding carboxylic acids is 3. The van der Waals surface area contributed by atoms with Crippen LogP contribution >= 0.6 is 0 Å². The highest BCUT2D eigenvalue weighted by Gasteiger charge is 2.42. The van der Waals surface area contributed by atoms with E-state index >= 15 is 0 Å². The minimum absolute atomic E-state index is 0.0262. The topological polar surface area (TPSA) is 120 Å². The first-order chi connectivity index (χ1) is 16.9. The number of H-pyrrole nitrogens is 1. The molecule has 36 heavy (non-hydrogen) atoms. The van der Waals surface area contributed by atoms with E-state index in [0.717, 1.165) is 10.7 Å². The van der Waals surface area contributed by atoms with Crippen LogP contribution in [0.1, 0.15) is 46.1 Å². The molecule has 9 nitrogen and oxygen atoms in total. The number of carbonyl (C=O) groups is 3. The van der Waals surface area contributed by atoms with Crippen molar-refractivity contribution in [3.05, 3.63) is 65.2 Å². The number of likely N-dealkylation sites (N-methyl/N-ethyl adjacent to an activating group) is 1. The fourth-order valence-corrected chi connectivity index (χ4v) is 3.53. The molecule has 2 heterocycles. The summed E-state index contributed by atoms with van der Waals surface area (Å²) in [4.78, 5) is 36.9. The molecule has 0 spiro atoms. The summed E-state index contributed by atoms with van der Waals surface area (Å²) in [6.45, 7) is 3.67. The van der Waals surface area contributed by atoms with E-state index in [9.17, 15) is 27.6 Å². The average Bonchev–Trinajstić information content (AvgIpc) is 3.47. The first-order valence-corrected chi connectivity index (χ1v) is 11.1. The van der Waals surface area contributed by atoms with Gasteiger partial charge >= 0.3 is 11.9 Å². The third-order valence-corrected chi connectivity index (χ3v) is 5.44. The highest BCUT2D eigenvalue weighted by Crippen LogP contribution is 2.27. The second-order valence-corrected chi connectivity index (χ2v) is 8.47. The molecular formula is C24H27F3N5O4+. The van der Waals surface area contributed by atoms with Crippen LogP contribution in [0.3, 0.4) is 0 Å². The first kappa shape index (κ1) is 26.5. The van der Waals surface area contributed by atoms with E-state index in [-0.39, 0.29) is 29.8 Å². The molecule has 3 rings (SSSR count). The Balaban J connectivity index is 1.68. The van der Waals surface area contributed by atoms with Gasteiger partial charge in [0.2, 0.25) is 5.91 Å². The number of nitrogens with one attached hydrogen (secondary N) is 4. The van der Waals surface area contributed by atoms with Gasteiger partial charge in [-0.3, -0.25) is 14.4 Å². The number of furan rings is 1. The molecule has 0 unspecified atom stereocenters. The molecule has 0 saturated heterocycles. The van der Waals surface area contributed by atoms with Gasteiger partial charge in [-0.1, -0.05) is 32.0 Å². The Morgan fingerprint density at radius 1 is 1.08 bits per heavy atom. The molecule has 0 radical (unpaired) electrons. The van der Waals surface area contributed by atoms with Crippen LogP contribution in [-0.4, -0.2) is 35.9 Å². The Bertz CT molecular complexity index is 1260. The van der Waals surface area contributed by atoms with E-state index in [1.165, 1.54) is 20.2 Å². The van der Waals surface area contributed by atoms with Crippen molar-refractivity contribution in [3.8, 4) is 11.3 Å². The molecule has 0 saturated carbocycles. The van der Waals surface area contributed by atoms with E-state index in [2.05, 4.69) is 21.0 Å². The Morgan fingerprint density at radius 2 is 1.81 bits per heavy atom. The van der Waals surface area contributed by atoms with Crippen LogP contribution in [0.25, 0.3) is 11.3 Å². The fraction of sp³-hybridized carbons (Fsp3) is 0.333. The summed E-state index contributed by atoms with van der Waals surface area (Å²) < 4.78 is 45.3. The molecule has 12 heteroatoms. The fourth-order valence-electron chi connectivity index (χ4n) is 3.53. The summed E-state index contributed by atoms with van der Waals surface area (Å²) in [6.07, 6.45) is -4.59. The van der Waals surface area contributed by atoms with Crippen LogP contribution < -0.4 is 20.6 Å². The predicted octanol–water partition coefficient (Wildman–Crippen LogP) is 2.55. The molecule has 4 N–H and O–H groups in total. The second-order valence-electron chi connectivity index (χ2n) is 8.47. The number of alkyl halides is 3. The Labute approximate surface area is 205 Å². The summed E-state index contributed by atoms with van der Waals surface area (Å²) in [5, 5.41) is 10.1. The summed E-state index contributed by atoms with van der Waals surface area (Å²) in [5.41, 5.74) is 0.0920. The van der Waals surface area contributed by atoms with E-state index in [1.807, 2.05) is 13.8 Å². The van der Waals surface area contributed by atoms with Gasteiger partial charge in [0, 0.05) is 19.2 Å². The van der Waals surface area contributed by atoms with Crippen LogP contribution in [0.4, 0.5) is 13.2 Å². The van der Waals surface area contributed by atoms with Crippen molar-refractivity contribution >= 4 is 17.7 Å². The highest BCUT2D eigenvalue weighted by molar-refractivity contribution is 5.96. The normalized spacial score (nSPS) is 12.3. The van der Waals surface area contributed by atoms with E-state index in [0.29, 0.717) is 16.9 Å². The van der Waals surface area contributed by atoms with Crippen molar-refractivity contribution in [1.82, 2.24) is 21.0 Å². The van der Waals surface area contributed by atoms with E-state index < -0.39 is 29.7 Å². The number of hydrogen-bond acceptors (Lipinski definition) is 4. The number of aromatic nitrogens is 2. The number of halogens is 3. The molecule has 0 fully saturated rings. The van der Waals surface area contributed by atoms with Gasteiger partial charge in [-0.2, -0.15) is 18.3 Å².